The number of fused-ring (bicyclic) bond motifs is 2. The minimum Gasteiger partial charge on any atom is -0.340 e. The molecular formula is C28H21Cl2N7O2. The van der Waals surface area contributed by atoms with Crippen LogP contribution in [0.25, 0.3) is 28.1 Å². The van der Waals surface area contributed by atoms with Crippen molar-refractivity contribution in [3.8, 4) is 28.1 Å². The van der Waals surface area contributed by atoms with E-state index in [-0.39, 0.29) is 22.7 Å². The minimum absolute atomic E-state index is 0.0435. The van der Waals surface area contributed by atoms with Crippen molar-refractivity contribution in [2.45, 2.75) is 31.7 Å². The molecule has 2 aliphatic heterocycles. The monoisotopic (exact) mass is 557 g/mol. The van der Waals surface area contributed by atoms with Crippen molar-refractivity contribution in [1.82, 2.24) is 29.5 Å². The van der Waals surface area contributed by atoms with Gasteiger partial charge in [-0.05, 0) is 72.4 Å². The van der Waals surface area contributed by atoms with Crippen LogP contribution < -0.4 is 10.9 Å². The SMILES string of the molecule is O=C1CCc2cc(-c3cnc([C@@H]4CCc5cc(-c6cc(Cl)ccc6-n6cc(Cl)nn6)cc(=O)n54)[nH]3)ccc2N1. The Morgan fingerprint density at radius 1 is 0.949 bits per heavy atom. The Bertz CT molecular complexity index is 1840. The van der Waals surface area contributed by atoms with E-state index in [1.807, 2.05) is 34.9 Å². The molecule has 0 fully saturated rings. The minimum atomic E-state index is -0.194. The van der Waals surface area contributed by atoms with E-state index in [4.69, 9.17) is 23.2 Å². The first-order chi connectivity index (χ1) is 18.9. The summed E-state index contributed by atoms with van der Waals surface area (Å²) in [6.45, 7) is 0. The third-order valence-electron chi connectivity index (χ3n) is 7.34. The molecule has 7 rings (SSSR count). The molecule has 0 saturated heterocycles. The van der Waals surface area contributed by atoms with E-state index in [1.165, 1.54) is 0 Å². The van der Waals surface area contributed by atoms with Gasteiger partial charge in [-0.2, -0.15) is 0 Å². The molecular weight excluding hydrogens is 537 g/mol. The maximum absolute atomic E-state index is 13.5. The number of imidazole rings is 1. The number of amides is 1. The number of carbonyl (C=O) groups excluding carboxylic acids is 1. The lowest BCUT2D eigenvalue weighted by molar-refractivity contribution is -0.116. The van der Waals surface area contributed by atoms with Gasteiger partial charge in [0.1, 0.15) is 5.82 Å². The highest BCUT2D eigenvalue weighted by Crippen LogP contribution is 2.35. The molecule has 0 aliphatic carbocycles. The number of hydrogen-bond donors (Lipinski definition) is 2. The third kappa shape index (κ3) is 4.24. The summed E-state index contributed by atoms with van der Waals surface area (Å²) in [4.78, 5) is 33.3. The van der Waals surface area contributed by atoms with E-state index in [2.05, 4.69) is 31.7 Å². The lowest BCUT2D eigenvalue weighted by Crippen LogP contribution is -2.23. The van der Waals surface area contributed by atoms with Gasteiger partial charge in [0.05, 0.1) is 29.8 Å². The van der Waals surface area contributed by atoms with Crippen LogP contribution in [0.2, 0.25) is 10.2 Å². The van der Waals surface area contributed by atoms with Gasteiger partial charge in [0.2, 0.25) is 5.91 Å². The highest BCUT2D eigenvalue weighted by molar-refractivity contribution is 6.31. The number of pyridine rings is 1. The molecule has 2 N–H and O–H groups in total. The molecule has 9 nitrogen and oxygen atoms in total. The van der Waals surface area contributed by atoms with Gasteiger partial charge in [0, 0.05) is 34.5 Å². The Morgan fingerprint density at radius 2 is 1.85 bits per heavy atom. The molecule has 5 heterocycles. The standard InChI is InChI=1S/C28H21Cl2N7O2/c29-18-3-6-23(36-14-25(30)34-35-36)20(12-18)17-10-19-4-7-24(37(19)27(39)11-17)28-31-13-22(33-28)16-1-5-21-15(9-16)2-8-26(38)32-21/h1,3,5-6,9-14,24H,2,4,7-8H2,(H,31,33)(H,32,38)/t24-/m0/s1. The van der Waals surface area contributed by atoms with Crippen molar-refractivity contribution >= 4 is 34.8 Å². The number of anilines is 1. The second-order valence-electron chi connectivity index (χ2n) is 9.75. The smallest absolute Gasteiger partial charge is 0.252 e. The zero-order chi connectivity index (χ0) is 26.7. The first kappa shape index (κ1) is 23.9. The fourth-order valence-electron chi connectivity index (χ4n) is 5.51. The molecule has 2 aromatic carbocycles. The molecule has 0 saturated carbocycles. The van der Waals surface area contributed by atoms with Gasteiger partial charge < -0.3 is 14.9 Å². The van der Waals surface area contributed by atoms with Crippen molar-refractivity contribution in [3.05, 3.63) is 98.5 Å². The zero-order valence-electron chi connectivity index (χ0n) is 20.5. The van der Waals surface area contributed by atoms with Gasteiger partial charge in [-0.3, -0.25) is 9.59 Å². The summed E-state index contributed by atoms with van der Waals surface area (Å²) in [7, 11) is 0. The molecule has 5 aromatic rings. The summed E-state index contributed by atoms with van der Waals surface area (Å²) in [6.07, 6.45) is 6.09. The van der Waals surface area contributed by atoms with Crippen LogP contribution >= 0.6 is 23.2 Å². The molecule has 11 heteroatoms. The number of H-pyrrole nitrogens is 1. The van der Waals surface area contributed by atoms with Crippen LogP contribution in [-0.4, -0.2) is 35.4 Å². The number of aryl methyl sites for hydroxylation is 2. The number of nitrogens with zero attached hydrogens (tertiary/aromatic N) is 5. The molecule has 194 valence electrons. The predicted molar refractivity (Wildman–Crippen MR) is 149 cm³/mol. The Labute approximate surface area is 232 Å². The predicted octanol–water partition coefficient (Wildman–Crippen LogP) is 5.21. The average Bonchev–Trinajstić information content (AvgIpc) is 3.68. The third-order valence-corrected chi connectivity index (χ3v) is 7.75. The molecule has 0 unspecified atom stereocenters. The van der Waals surface area contributed by atoms with E-state index in [0.717, 1.165) is 63.7 Å². The fourth-order valence-corrected chi connectivity index (χ4v) is 5.81. The normalized spacial score (nSPS) is 16.2. The van der Waals surface area contributed by atoms with Crippen molar-refractivity contribution < 1.29 is 4.79 Å². The summed E-state index contributed by atoms with van der Waals surface area (Å²) < 4.78 is 3.38. The second kappa shape index (κ2) is 9.21. The number of hydrogen-bond acceptors (Lipinski definition) is 5. The molecule has 0 bridgehead atoms. The number of aromatic amines is 1. The van der Waals surface area contributed by atoms with E-state index >= 15 is 0 Å². The van der Waals surface area contributed by atoms with E-state index in [0.29, 0.717) is 17.9 Å². The summed E-state index contributed by atoms with van der Waals surface area (Å²) in [5.74, 6) is 0.785. The molecule has 2 aliphatic rings. The van der Waals surface area contributed by atoms with E-state index < -0.39 is 0 Å². The average molecular weight is 558 g/mol. The van der Waals surface area contributed by atoms with Gasteiger partial charge in [-0.1, -0.05) is 34.5 Å². The summed E-state index contributed by atoms with van der Waals surface area (Å²) in [5.41, 5.74) is 6.86. The lowest BCUT2D eigenvalue weighted by atomic mass is 9.99. The van der Waals surface area contributed by atoms with Crippen LogP contribution in [0.4, 0.5) is 5.69 Å². The van der Waals surface area contributed by atoms with Crippen molar-refractivity contribution in [2.24, 2.45) is 0 Å². The zero-order valence-corrected chi connectivity index (χ0v) is 22.0. The van der Waals surface area contributed by atoms with E-state index in [9.17, 15) is 9.59 Å². The first-order valence-corrected chi connectivity index (χ1v) is 13.3. The lowest BCUT2D eigenvalue weighted by Gasteiger charge is -2.17. The Balaban J connectivity index is 1.23. The molecule has 1 atom stereocenters. The molecule has 0 spiro atoms. The summed E-state index contributed by atoms with van der Waals surface area (Å²) in [6, 6.07) is 14.8. The highest BCUT2D eigenvalue weighted by atomic mass is 35.5. The molecule has 3 aromatic heterocycles. The number of nitrogens with one attached hydrogen (secondary N) is 2. The maximum atomic E-state index is 13.5. The molecule has 1 amide bonds. The van der Waals surface area contributed by atoms with Gasteiger partial charge >= 0.3 is 0 Å². The second-order valence-corrected chi connectivity index (χ2v) is 10.6. The highest BCUT2D eigenvalue weighted by Gasteiger charge is 2.28. The van der Waals surface area contributed by atoms with Crippen molar-refractivity contribution in [1.29, 1.82) is 0 Å². The van der Waals surface area contributed by atoms with Gasteiger partial charge in [-0.25, -0.2) is 9.67 Å². The topological polar surface area (TPSA) is 110 Å². The van der Waals surface area contributed by atoms with E-state index in [1.54, 1.807) is 29.2 Å². The summed E-state index contributed by atoms with van der Waals surface area (Å²) in [5, 5.41) is 11.7. The van der Waals surface area contributed by atoms with Crippen LogP contribution in [-0.2, 0) is 17.6 Å². The molecule has 39 heavy (non-hydrogen) atoms. The van der Waals surface area contributed by atoms with Gasteiger partial charge in [-0.15, -0.1) is 5.10 Å². The Hall–Kier alpha value is -4.21. The van der Waals surface area contributed by atoms with Crippen LogP contribution in [0.15, 0.2) is 65.7 Å². The van der Waals surface area contributed by atoms with Crippen LogP contribution in [0.1, 0.15) is 36.0 Å². The van der Waals surface area contributed by atoms with Crippen LogP contribution in [0.3, 0.4) is 0 Å². The number of carbonyl (C=O) groups is 1. The maximum Gasteiger partial charge on any atom is 0.252 e. The number of benzene rings is 2. The number of halogens is 2. The van der Waals surface area contributed by atoms with Crippen molar-refractivity contribution in [2.75, 3.05) is 5.32 Å². The summed E-state index contributed by atoms with van der Waals surface area (Å²) >= 11 is 12.3. The molecule has 0 radical (unpaired) electrons. The number of aromatic nitrogens is 6. The van der Waals surface area contributed by atoms with Gasteiger partial charge in [0.15, 0.2) is 5.15 Å². The Kier molecular flexibility index (Phi) is 5.64. The first-order valence-electron chi connectivity index (χ1n) is 12.5. The number of rotatable bonds is 4. The van der Waals surface area contributed by atoms with Crippen LogP contribution in [0, 0.1) is 0 Å². The Morgan fingerprint density at radius 3 is 2.69 bits per heavy atom. The fraction of sp³-hybridized carbons (Fsp3) is 0.179. The quantitative estimate of drug-likeness (QED) is 0.315. The van der Waals surface area contributed by atoms with Gasteiger partial charge in [0.25, 0.3) is 5.56 Å². The van der Waals surface area contributed by atoms with Crippen molar-refractivity contribution in [3.63, 3.8) is 0 Å². The largest absolute Gasteiger partial charge is 0.340 e. The van der Waals surface area contributed by atoms with Crippen LogP contribution in [0.5, 0.6) is 0 Å².